The molecular weight excluding hydrogens is 382 g/mol. The third-order valence-corrected chi connectivity index (χ3v) is 3.97. The Bertz CT molecular complexity index is 885. The fraction of sp³-hybridized carbons (Fsp3) is 0.105. The van der Waals surface area contributed by atoms with Crippen LogP contribution in [-0.2, 0) is 11.2 Å². The van der Waals surface area contributed by atoms with E-state index in [1.165, 1.54) is 0 Å². The van der Waals surface area contributed by atoms with E-state index in [9.17, 15) is 4.79 Å². The summed E-state index contributed by atoms with van der Waals surface area (Å²) in [5.74, 6) is 0.551. The first kappa shape index (κ1) is 17.1. The zero-order valence-corrected chi connectivity index (χ0v) is 15.2. The minimum atomic E-state index is -0.0683. The van der Waals surface area contributed by atoms with Crippen LogP contribution in [0.2, 0.25) is 0 Å². The maximum absolute atomic E-state index is 12.2. The second-order valence-corrected chi connectivity index (χ2v) is 6.38. The Morgan fingerprint density at radius 1 is 1.12 bits per heavy atom. The van der Waals surface area contributed by atoms with Crippen LogP contribution in [0.15, 0.2) is 65.4 Å². The van der Waals surface area contributed by atoms with Gasteiger partial charge in [-0.05, 0) is 54.4 Å². The monoisotopic (exact) mass is 397 g/mol. The van der Waals surface area contributed by atoms with Gasteiger partial charge in [0.2, 0.25) is 5.91 Å². The summed E-state index contributed by atoms with van der Waals surface area (Å²) in [6.45, 7) is 1.91. The molecule has 1 amide bonds. The lowest BCUT2D eigenvalue weighted by atomic mass is 10.1. The lowest BCUT2D eigenvalue weighted by Crippen LogP contribution is -2.15. The summed E-state index contributed by atoms with van der Waals surface area (Å²) in [4.78, 5) is 20.3. The molecule has 0 fully saturated rings. The first-order valence-corrected chi connectivity index (χ1v) is 8.49. The van der Waals surface area contributed by atoms with Crippen LogP contribution >= 0.6 is 15.9 Å². The van der Waals surface area contributed by atoms with E-state index in [0.717, 1.165) is 21.3 Å². The molecule has 6 heteroatoms. The van der Waals surface area contributed by atoms with Crippen LogP contribution < -0.4 is 10.1 Å². The maximum Gasteiger partial charge on any atom is 0.321 e. The van der Waals surface area contributed by atoms with Crippen LogP contribution in [0.1, 0.15) is 11.1 Å². The predicted molar refractivity (Wildman–Crippen MR) is 99.8 cm³/mol. The molecule has 3 rings (SSSR count). The van der Waals surface area contributed by atoms with E-state index in [4.69, 9.17) is 4.74 Å². The van der Waals surface area contributed by atoms with Crippen LogP contribution in [0.3, 0.4) is 0 Å². The predicted octanol–water partition coefficient (Wildman–Crippen LogP) is 4.52. The molecule has 1 aromatic heterocycles. The van der Waals surface area contributed by atoms with Crippen molar-refractivity contribution in [3.8, 4) is 11.8 Å². The van der Waals surface area contributed by atoms with Crippen LogP contribution in [0, 0.1) is 6.92 Å². The molecule has 126 valence electrons. The highest BCUT2D eigenvalue weighted by molar-refractivity contribution is 9.10. The van der Waals surface area contributed by atoms with Gasteiger partial charge in [-0.25, -0.2) is 9.97 Å². The van der Waals surface area contributed by atoms with E-state index in [-0.39, 0.29) is 11.9 Å². The maximum atomic E-state index is 12.2. The number of nitrogens with zero attached hydrogens (tertiary/aromatic N) is 2. The van der Waals surface area contributed by atoms with Gasteiger partial charge >= 0.3 is 6.01 Å². The summed E-state index contributed by atoms with van der Waals surface area (Å²) in [6.07, 6.45) is 3.55. The van der Waals surface area contributed by atoms with Gasteiger partial charge in [-0.15, -0.1) is 0 Å². The number of carbonyl (C=O) groups is 1. The SMILES string of the molecule is Cc1cc(Oc2ncccn2)ccc1NC(=O)Cc1cccc(Br)c1. The smallest absolute Gasteiger partial charge is 0.321 e. The molecule has 25 heavy (non-hydrogen) atoms. The zero-order valence-electron chi connectivity index (χ0n) is 13.6. The molecule has 0 atom stereocenters. The Kier molecular flexibility index (Phi) is 5.40. The van der Waals surface area contributed by atoms with Crippen LogP contribution in [-0.4, -0.2) is 15.9 Å². The van der Waals surface area contributed by atoms with Crippen LogP contribution in [0.25, 0.3) is 0 Å². The molecule has 0 saturated carbocycles. The van der Waals surface area contributed by atoms with E-state index >= 15 is 0 Å². The van der Waals surface area contributed by atoms with Gasteiger partial charge in [0, 0.05) is 22.6 Å². The summed E-state index contributed by atoms with van der Waals surface area (Å²) >= 11 is 3.41. The number of hydrogen-bond acceptors (Lipinski definition) is 4. The van der Waals surface area contributed by atoms with E-state index in [0.29, 0.717) is 12.2 Å². The van der Waals surface area contributed by atoms with Crippen molar-refractivity contribution in [3.05, 3.63) is 76.5 Å². The van der Waals surface area contributed by atoms with E-state index in [1.54, 1.807) is 24.5 Å². The lowest BCUT2D eigenvalue weighted by Gasteiger charge is -2.10. The van der Waals surface area contributed by atoms with Gasteiger partial charge in [0.15, 0.2) is 0 Å². The molecule has 0 aliphatic carbocycles. The third kappa shape index (κ3) is 4.87. The quantitative estimate of drug-likeness (QED) is 0.687. The van der Waals surface area contributed by atoms with E-state index in [1.807, 2.05) is 43.3 Å². The Balaban J connectivity index is 1.65. The van der Waals surface area contributed by atoms with Crippen LogP contribution in [0.4, 0.5) is 5.69 Å². The molecule has 0 saturated heterocycles. The van der Waals surface area contributed by atoms with Crippen molar-refractivity contribution in [1.29, 1.82) is 0 Å². The highest BCUT2D eigenvalue weighted by atomic mass is 79.9. The Hall–Kier alpha value is -2.73. The number of hydrogen-bond donors (Lipinski definition) is 1. The van der Waals surface area contributed by atoms with Gasteiger partial charge in [0.1, 0.15) is 5.75 Å². The number of amides is 1. The minimum absolute atomic E-state index is 0.0683. The molecule has 0 unspecified atom stereocenters. The highest BCUT2D eigenvalue weighted by Crippen LogP contribution is 2.24. The van der Waals surface area contributed by atoms with Gasteiger partial charge in [0.05, 0.1) is 6.42 Å². The van der Waals surface area contributed by atoms with Crippen molar-refractivity contribution in [1.82, 2.24) is 9.97 Å². The summed E-state index contributed by atoms with van der Waals surface area (Å²) < 4.78 is 6.54. The number of anilines is 1. The van der Waals surface area contributed by atoms with Gasteiger partial charge < -0.3 is 10.1 Å². The first-order valence-electron chi connectivity index (χ1n) is 7.70. The van der Waals surface area contributed by atoms with Gasteiger partial charge in [-0.3, -0.25) is 4.79 Å². The zero-order chi connectivity index (χ0) is 17.6. The fourth-order valence-electron chi connectivity index (χ4n) is 2.31. The van der Waals surface area contributed by atoms with Crippen LogP contribution in [0.5, 0.6) is 11.8 Å². The average molecular weight is 398 g/mol. The largest absolute Gasteiger partial charge is 0.424 e. The molecule has 5 nitrogen and oxygen atoms in total. The second kappa shape index (κ2) is 7.90. The number of rotatable bonds is 5. The third-order valence-electron chi connectivity index (χ3n) is 3.48. The standard InChI is InChI=1S/C19H16BrN3O2/c1-13-10-16(25-19-21-8-3-9-22-19)6-7-17(13)23-18(24)12-14-4-2-5-15(20)11-14/h2-11H,12H2,1H3,(H,23,24). The van der Waals surface area contributed by atoms with Gasteiger partial charge in [0.25, 0.3) is 0 Å². The van der Waals surface area contributed by atoms with Gasteiger partial charge in [-0.1, -0.05) is 28.1 Å². The number of benzene rings is 2. The summed E-state index contributed by atoms with van der Waals surface area (Å²) in [7, 11) is 0. The topological polar surface area (TPSA) is 64.1 Å². The number of aromatic nitrogens is 2. The lowest BCUT2D eigenvalue weighted by molar-refractivity contribution is -0.115. The van der Waals surface area contributed by atoms with Gasteiger partial charge in [-0.2, -0.15) is 0 Å². The van der Waals surface area contributed by atoms with E-state index in [2.05, 4.69) is 31.2 Å². The molecular formula is C19H16BrN3O2. The fourth-order valence-corrected chi connectivity index (χ4v) is 2.76. The van der Waals surface area contributed by atoms with Crippen molar-refractivity contribution in [2.24, 2.45) is 0 Å². The molecule has 1 N–H and O–H groups in total. The Morgan fingerprint density at radius 2 is 1.92 bits per heavy atom. The Morgan fingerprint density at radius 3 is 2.64 bits per heavy atom. The molecule has 0 aliphatic heterocycles. The van der Waals surface area contributed by atoms with Crippen molar-refractivity contribution in [2.75, 3.05) is 5.32 Å². The number of halogens is 1. The average Bonchev–Trinajstić information content (AvgIpc) is 2.58. The Labute approximate surface area is 154 Å². The highest BCUT2D eigenvalue weighted by Gasteiger charge is 2.08. The summed E-state index contributed by atoms with van der Waals surface area (Å²) in [6, 6.07) is 15.1. The van der Waals surface area contributed by atoms with Crippen molar-refractivity contribution in [2.45, 2.75) is 13.3 Å². The van der Waals surface area contributed by atoms with Crippen molar-refractivity contribution in [3.63, 3.8) is 0 Å². The summed E-state index contributed by atoms with van der Waals surface area (Å²) in [5, 5.41) is 2.93. The summed E-state index contributed by atoms with van der Waals surface area (Å²) in [5.41, 5.74) is 2.60. The molecule has 0 bridgehead atoms. The number of aryl methyl sites for hydroxylation is 1. The molecule has 0 spiro atoms. The molecule has 3 aromatic rings. The molecule has 0 aliphatic rings. The minimum Gasteiger partial charge on any atom is -0.424 e. The first-order chi connectivity index (χ1) is 12.1. The van der Waals surface area contributed by atoms with Crippen molar-refractivity contribution >= 4 is 27.5 Å². The van der Waals surface area contributed by atoms with E-state index < -0.39 is 0 Å². The normalized spacial score (nSPS) is 10.3. The number of ether oxygens (including phenoxy) is 1. The van der Waals surface area contributed by atoms with Crippen molar-refractivity contribution < 1.29 is 9.53 Å². The molecule has 1 heterocycles. The number of nitrogens with one attached hydrogen (secondary N) is 1. The molecule has 0 radical (unpaired) electrons. The molecule has 2 aromatic carbocycles. The second-order valence-electron chi connectivity index (χ2n) is 5.47. The number of carbonyl (C=O) groups excluding carboxylic acids is 1.